The van der Waals surface area contributed by atoms with E-state index in [9.17, 15) is 18.0 Å². The fourth-order valence-electron chi connectivity index (χ4n) is 2.66. The average molecular weight is 383 g/mol. The highest BCUT2D eigenvalue weighted by Crippen LogP contribution is 2.12. The number of hydrogen-bond acceptors (Lipinski definition) is 5. The number of nitrogens with one attached hydrogen (secondary N) is 2. The predicted molar refractivity (Wildman–Crippen MR) is 96.1 cm³/mol. The largest absolute Gasteiger partial charge is 0.450 e. The van der Waals surface area contributed by atoms with E-state index in [2.05, 4.69) is 10.0 Å². The van der Waals surface area contributed by atoms with Crippen LogP contribution in [-0.2, 0) is 19.6 Å². The normalized spacial score (nSPS) is 15.5. The second kappa shape index (κ2) is 9.00. The van der Waals surface area contributed by atoms with Gasteiger partial charge in [-0.05, 0) is 38.8 Å². The van der Waals surface area contributed by atoms with Crippen molar-refractivity contribution in [3.63, 3.8) is 0 Å². The van der Waals surface area contributed by atoms with Crippen LogP contribution in [0.2, 0.25) is 0 Å². The zero-order chi connectivity index (χ0) is 19.2. The van der Waals surface area contributed by atoms with E-state index in [-0.39, 0.29) is 23.6 Å². The number of carbonyl (C=O) groups is 2. The Morgan fingerprint density at radius 3 is 2.38 bits per heavy atom. The van der Waals surface area contributed by atoms with E-state index in [4.69, 9.17) is 4.74 Å². The first-order valence-electron chi connectivity index (χ1n) is 8.59. The molecule has 0 spiro atoms. The van der Waals surface area contributed by atoms with Gasteiger partial charge in [0.2, 0.25) is 15.9 Å². The molecule has 0 bridgehead atoms. The van der Waals surface area contributed by atoms with Gasteiger partial charge in [0.15, 0.2) is 0 Å². The first-order valence-corrected chi connectivity index (χ1v) is 10.1. The maximum atomic E-state index is 12.2. The zero-order valence-corrected chi connectivity index (χ0v) is 15.8. The lowest BCUT2D eigenvalue weighted by Gasteiger charge is -2.31. The molecule has 1 heterocycles. The highest BCUT2D eigenvalue weighted by molar-refractivity contribution is 7.89. The Balaban J connectivity index is 1.77. The lowest BCUT2D eigenvalue weighted by atomic mass is 10.1. The molecular formula is C17H25N3O5S. The number of aryl methyl sites for hydroxylation is 1. The van der Waals surface area contributed by atoms with Crippen LogP contribution in [0, 0.1) is 6.92 Å². The summed E-state index contributed by atoms with van der Waals surface area (Å²) in [6, 6.07) is 6.32. The Morgan fingerprint density at radius 1 is 1.19 bits per heavy atom. The molecular weight excluding hydrogens is 358 g/mol. The van der Waals surface area contributed by atoms with Gasteiger partial charge in [0.25, 0.3) is 0 Å². The number of benzene rings is 1. The van der Waals surface area contributed by atoms with Crippen LogP contribution in [-0.4, -0.2) is 57.6 Å². The Kier molecular flexibility index (Phi) is 6.98. The van der Waals surface area contributed by atoms with Gasteiger partial charge in [-0.2, -0.15) is 0 Å². The summed E-state index contributed by atoms with van der Waals surface area (Å²) in [5.41, 5.74) is 0.954. The van der Waals surface area contributed by atoms with Gasteiger partial charge in [-0.1, -0.05) is 17.7 Å². The lowest BCUT2D eigenvalue weighted by molar-refractivity contribution is -0.120. The van der Waals surface area contributed by atoms with Crippen molar-refractivity contribution < 1.29 is 22.7 Å². The molecule has 1 aromatic carbocycles. The molecule has 2 amide bonds. The SMILES string of the molecule is CCOC(=O)N1CCC(NC(=O)CNS(=O)(=O)c2ccc(C)cc2)CC1. The van der Waals surface area contributed by atoms with Crippen LogP contribution >= 0.6 is 0 Å². The van der Waals surface area contributed by atoms with Crippen LogP contribution in [0.25, 0.3) is 0 Å². The van der Waals surface area contributed by atoms with Crippen molar-refractivity contribution in [1.29, 1.82) is 0 Å². The summed E-state index contributed by atoms with van der Waals surface area (Å²) >= 11 is 0. The molecule has 1 aliphatic heterocycles. The fraction of sp³-hybridized carbons (Fsp3) is 0.529. The third kappa shape index (κ3) is 5.70. The maximum absolute atomic E-state index is 12.2. The van der Waals surface area contributed by atoms with Crippen LogP contribution < -0.4 is 10.0 Å². The van der Waals surface area contributed by atoms with Gasteiger partial charge < -0.3 is 15.0 Å². The van der Waals surface area contributed by atoms with Gasteiger partial charge in [0.05, 0.1) is 18.0 Å². The van der Waals surface area contributed by atoms with E-state index in [0.717, 1.165) is 5.56 Å². The summed E-state index contributed by atoms with van der Waals surface area (Å²) < 4.78 is 31.6. The van der Waals surface area contributed by atoms with Crippen molar-refractivity contribution in [3.05, 3.63) is 29.8 Å². The van der Waals surface area contributed by atoms with Crippen LogP contribution in [0.1, 0.15) is 25.3 Å². The fourth-order valence-corrected chi connectivity index (χ4v) is 3.64. The van der Waals surface area contributed by atoms with Crippen molar-refractivity contribution in [2.45, 2.75) is 37.6 Å². The van der Waals surface area contributed by atoms with Crippen molar-refractivity contribution in [1.82, 2.24) is 14.9 Å². The van der Waals surface area contributed by atoms with Crippen molar-refractivity contribution >= 4 is 22.0 Å². The van der Waals surface area contributed by atoms with Crippen molar-refractivity contribution in [3.8, 4) is 0 Å². The highest BCUT2D eigenvalue weighted by atomic mass is 32.2. The molecule has 2 N–H and O–H groups in total. The van der Waals surface area contributed by atoms with Gasteiger partial charge in [0.1, 0.15) is 0 Å². The second-order valence-electron chi connectivity index (χ2n) is 6.17. The van der Waals surface area contributed by atoms with E-state index in [1.165, 1.54) is 12.1 Å². The molecule has 0 aliphatic carbocycles. The minimum atomic E-state index is -3.72. The van der Waals surface area contributed by atoms with Crippen LogP contribution in [0.4, 0.5) is 4.79 Å². The number of amides is 2. The molecule has 0 saturated carbocycles. The summed E-state index contributed by atoms with van der Waals surface area (Å²) in [6.07, 6.45) is 0.869. The van der Waals surface area contributed by atoms with Gasteiger partial charge in [-0.15, -0.1) is 0 Å². The minimum Gasteiger partial charge on any atom is -0.450 e. The number of nitrogens with zero attached hydrogens (tertiary/aromatic N) is 1. The van der Waals surface area contributed by atoms with E-state index in [0.29, 0.717) is 32.5 Å². The van der Waals surface area contributed by atoms with Gasteiger partial charge >= 0.3 is 6.09 Å². The number of sulfonamides is 1. The molecule has 2 rings (SSSR count). The van der Waals surface area contributed by atoms with Crippen molar-refractivity contribution in [2.75, 3.05) is 26.2 Å². The molecule has 1 saturated heterocycles. The lowest BCUT2D eigenvalue weighted by Crippen LogP contribution is -2.48. The predicted octanol–water partition coefficient (Wildman–Crippen LogP) is 1.01. The Bertz CT molecular complexity index is 725. The molecule has 1 aromatic rings. The Labute approximate surface area is 153 Å². The average Bonchev–Trinajstić information content (AvgIpc) is 2.61. The number of piperidine rings is 1. The Morgan fingerprint density at radius 2 is 1.81 bits per heavy atom. The number of hydrogen-bond donors (Lipinski definition) is 2. The first kappa shape index (κ1) is 20.2. The topological polar surface area (TPSA) is 105 Å². The van der Waals surface area contributed by atoms with E-state index >= 15 is 0 Å². The molecule has 0 unspecified atom stereocenters. The molecule has 26 heavy (non-hydrogen) atoms. The summed E-state index contributed by atoms with van der Waals surface area (Å²) in [6.45, 7) is 4.62. The summed E-state index contributed by atoms with van der Waals surface area (Å²) in [4.78, 5) is 25.4. The molecule has 0 atom stereocenters. The van der Waals surface area contributed by atoms with Crippen LogP contribution in [0.15, 0.2) is 29.2 Å². The zero-order valence-electron chi connectivity index (χ0n) is 15.0. The molecule has 9 heteroatoms. The van der Waals surface area contributed by atoms with Gasteiger partial charge in [-0.25, -0.2) is 17.9 Å². The van der Waals surface area contributed by atoms with Crippen LogP contribution in [0.5, 0.6) is 0 Å². The van der Waals surface area contributed by atoms with E-state index in [1.807, 2.05) is 6.92 Å². The maximum Gasteiger partial charge on any atom is 0.409 e. The molecule has 1 fully saturated rings. The summed E-state index contributed by atoms with van der Waals surface area (Å²) in [5, 5.41) is 2.80. The highest BCUT2D eigenvalue weighted by Gasteiger charge is 2.25. The number of carbonyl (C=O) groups excluding carboxylic acids is 2. The monoisotopic (exact) mass is 383 g/mol. The van der Waals surface area contributed by atoms with E-state index in [1.54, 1.807) is 24.0 Å². The number of rotatable bonds is 6. The summed E-state index contributed by atoms with van der Waals surface area (Å²) in [5.74, 6) is -0.393. The second-order valence-corrected chi connectivity index (χ2v) is 7.93. The third-order valence-electron chi connectivity index (χ3n) is 4.14. The molecule has 0 aromatic heterocycles. The summed E-state index contributed by atoms with van der Waals surface area (Å²) in [7, 11) is -3.72. The quantitative estimate of drug-likeness (QED) is 0.763. The van der Waals surface area contributed by atoms with Crippen molar-refractivity contribution in [2.24, 2.45) is 0 Å². The van der Waals surface area contributed by atoms with E-state index < -0.39 is 15.9 Å². The first-order chi connectivity index (χ1) is 12.3. The van der Waals surface area contributed by atoms with Gasteiger partial charge in [-0.3, -0.25) is 4.79 Å². The molecule has 1 aliphatic rings. The molecule has 0 radical (unpaired) electrons. The smallest absolute Gasteiger partial charge is 0.409 e. The van der Waals surface area contributed by atoms with Gasteiger partial charge in [0, 0.05) is 19.1 Å². The molecule has 144 valence electrons. The Hall–Kier alpha value is -2.13. The molecule has 8 nitrogen and oxygen atoms in total. The third-order valence-corrected chi connectivity index (χ3v) is 5.56. The number of ether oxygens (including phenoxy) is 1. The number of likely N-dealkylation sites (tertiary alicyclic amines) is 1. The standard InChI is InChI=1S/C17H25N3O5S/c1-3-25-17(22)20-10-8-14(9-11-20)19-16(21)12-18-26(23,24)15-6-4-13(2)5-7-15/h4-7,14,18H,3,8-12H2,1-2H3,(H,19,21). The van der Waals surface area contributed by atoms with Crippen LogP contribution in [0.3, 0.4) is 0 Å². The minimum absolute atomic E-state index is 0.0861.